The van der Waals surface area contributed by atoms with Gasteiger partial charge in [0.2, 0.25) is 0 Å². The van der Waals surface area contributed by atoms with Gasteiger partial charge in [-0.2, -0.15) is 10.2 Å². The average molecular weight is 374 g/mol. The molecule has 1 saturated heterocycles. The third-order valence-electron chi connectivity index (χ3n) is 5.86. The summed E-state index contributed by atoms with van der Waals surface area (Å²) in [4.78, 5) is 6.77. The molecule has 4 aromatic rings. The molecule has 0 radical (unpaired) electrons. The van der Waals surface area contributed by atoms with Crippen LogP contribution in [0.2, 0.25) is 0 Å². The van der Waals surface area contributed by atoms with Crippen molar-refractivity contribution in [3.8, 4) is 11.1 Å². The van der Waals surface area contributed by atoms with E-state index < -0.39 is 0 Å². The maximum absolute atomic E-state index is 4.69. The van der Waals surface area contributed by atoms with E-state index in [9.17, 15) is 0 Å². The summed E-state index contributed by atoms with van der Waals surface area (Å²) in [5.74, 6) is 1.52. The molecular weight excluding hydrogens is 348 g/mol. The maximum atomic E-state index is 4.69. The zero-order chi connectivity index (χ0) is 19.3. The van der Waals surface area contributed by atoms with Gasteiger partial charge in [0.05, 0.1) is 5.52 Å². The molecule has 28 heavy (non-hydrogen) atoms. The number of hydrogen-bond acceptors (Lipinski definition) is 4. The first-order chi connectivity index (χ1) is 13.6. The van der Waals surface area contributed by atoms with E-state index in [4.69, 9.17) is 0 Å². The fourth-order valence-electron chi connectivity index (χ4n) is 4.38. The SMILES string of the molecule is Cc1cc(-c2cc3[nH]nc(N4CCCCC4)c3cc2C(C)C)cn2ncnc12. The van der Waals surface area contributed by atoms with Crippen molar-refractivity contribution in [1.82, 2.24) is 24.8 Å². The minimum absolute atomic E-state index is 0.412. The molecule has 0 aliphatic carbocycles. The van der Waals surface area contributed by atoms with Crippen molar-refractivity contribution in [2.24, 2.45) is 0 Å². The molecule has 0 atom stereocenters. The highest BCUT2D eigenvalue weighted by Gasteiger charge is 2.20. The van der Waals surface area contributed by atoms with Crippen LogP contribution in [0.5, 0.6) is 0 Å². The first-order valence-electron chi connectivity index (χ1n) is 10.2. The van der Waals surface area contributed by atoms with Crippen molar-refractivity contribution in [1.29, 1.82) is 0 Å². The number of benzene rings is 1. The lowest BCUT2D eigenvalue weighted by Gasteiger charge is -2.27. The molecule has 144 valence electrons. The molecule has 5 rings (SSSR count). The quantitative estimate of drug-likeness (QED) is 0.565. The van der Waals surface area contributed by atoms with Gasteiger partial charge in [0, 0.05) is 30.2 Å². The third kappa shape index (κ3) is 2.75. The highest BCUT2D eigenvalue weighted by Crippen LogP contribution is 2.36. The minimum atomic E-state index is 0.412. The van der Waals surface area contributed by atoms with E-state index in [0.29, 0.717) is 5.92 Å². The van der Waals surface area contributed by atoms with Crippen LogP contribution in [-0.4, -0.2) is 37.9 Å². The van der Waals surface area contributed by atoms with E-state index in [1.807, 2.05) is 4.52 Å². The Labute approximate surface area is 164 Å². The van der Waals surface area contributed by atoms with E-state index in [-0.39, 0.29) is 0 Å². The van der Waals surface area contributed by atoms with E-state index in [1.54, 1.807) is 6.33 Å². The second-order valence-corrected chi connectivity index (χ2v) is 8.17. The Morgan fingerprint density at radius 1 is 1.07 bits per heavy atom. The molecule has 1 aliphatic heterocycles. The summed E-state index contributed by atoms with van der Waals surface area (Å²) < 4.78 is 1.87. The number of pyridine rings is 1. The fraction of sp³-hybridized carbons (Fsp3) is 0.409. The number of rotatable bonds is 3. The molecule has 0 spiro atoms. The number of fused-ring (bicyclic) bond motifs is 2. The highest BCUT2D eigenvalue weighted by molar-refractivity contribution is 5.94. The number of anilines is 1. The molecule has 0 saturated carbocycles. The number of nitrogens with zero attached hydrogens (tertiary/aromatic N) is 5. The molecule has 1 aliphatic rings. The predicted octanol–water partition coefficient (Wildman–Crippen LogP) is 4.69. The van der Waals surface area contributed by atoms with Crippen LogP contribution in [0, 0.1) is 6.92 Å². The van der Waals surface area contributed by atoms with Gasteiger partial charge in [-0.3, -0.25) is 5.10 Å². The number of aromatic nitrogens is 5. The van der Waals surface area contributed by atoms with Crippen LogP contribution in [-0.2, 0) is 0 Å². The van der Waals surface area contributed by atoms with Gasteiger partial charge in [0.1, 0.15) is 6.33 Å². The average Bonchev–Trinajstić information content (AvgIpc) is 3.34. The lowest BCUT2D eigenvalue weighted by Crippen LogP contribution is -2.29. The van der Waals surface area contributed by atoms with Crippen molar-refractivity contribution >= 4 is 22.4 Å². The molecule has 4 heterocycles. The van der Waals surface area contributed by atoms with Crippen LogP contribution < -0.4 is 4.90 Å². The molecule has 1 N–H and O–H groups in total. The van der Waals surface area contributed by atoms with Gasteiger partial charge in [0.15, 0.2) is 11.5 Å². The number of aryl methyl sites for hydroxylation is 1. The molecular formula is C22H26N6. The van der Waals surface area contributed by atoms with Crippen LogP contribution in [0.3, 0.4) is 0 Å². The van der Waals surface area contributed by atoms with Crippen molar-refractivity contribution < 1.29 is 0 Å². The van der Waals surface area contributed by atoms with Gasteiger partial charge >= 0.3 is 0 Å². The maximum Gasteiger partial charge on any atom is 0.158 e. The molecule has 1 fully saturated rings. The summed E-state index contributed by atoms with van der Waals surface area (Å²) in [6.45, 7) is 8.80. The normalized spacial score (nSPS) is 15.2. The highest BCUT2D eigenvalue weighted by atomic mass is 15.3. The summed E-state index contributed by atoms with van der Waals surface area (Å²) in [7, 11) is 0. The Bertz CT molecular complexity index is 1150. The molecule has 6 heteroatoms. The lowest BCUT2D eigenvalue weighted by atomic mass is 9.91. The summed E-state index contributed by atoms with van der Waals surface area (Å²) in [6, 6.07) is 6.80. The zero-order valence-corrected chi connectivity index (χ0v) is 16.7. The van der Waals surface area contributed by atoms with Crippen LogP contribution >= 0.6 is 0 Å². The zero-order valence-electron chi connectivity index (χ0n) is 16.7. The summed E-state index contributed by atoms with van der Waals surface area (Å²) in [5.41, 5.74) is 6.86. The van der Waals surface area contributed by atoms with Crippen LogP contribution in [0.15, 0.2) is 30.7 Å². The number of hydrogen-bond donors (Lipinski definition) is 1. The van der Waals surface area contributed by atoms with E-state index >= 15 is 0 Å². The minimum Gasteiger partial charge on any atom is -0.355 e. The molecule has 0 unspecified atom stereocenters. The Balaban J connectivity index is 1.68. The molecule has 1 aromatic carbocycles. The molecule has 0 amide bonds. The summed E-state index contributed by atoms with van der Waals surface area (Å²) in [5, 5.41) is 13.5. The van der Waals surface area contributed by atoms with Crippen LogP contribution in [0.4, 0.5) is 5.82 Å². The molecule has 0 bridgehead atoms. The van der Waals surface area contributed by atoms with Gasteiger partial charge in [-0.15, -0.1) is 0 Å². The van der Waals surface area contributed by atoms with Gasteiger partial charge < -0.3 is 4.90 Å². The smallest absolute Gasteiger partial charge is 0.158 e. The Morgan fingerprint density at radius 3 is 2.68 bits per heavy atom. The standard InChI is InChI=1S/C22H26N6/c1-14(2)17-10-19-20(25-26-22(19)27-7-5-4-6-8-27)11-18(17)16-9-15(3)21-23-13-24-28(21)12-16/h9-14H,4-8H2,1-3H3,(H,25,26). The number of aromatic amines is 1. The largest absolute Gasteiger partial charge is 0.355 e. The second-order valence-electron chi connectivity index (χ2n) is 8.17. The van der Waals surface area contributed by atoms with Crippen molar-refractivity contribution in [3.63, 3.8) is 0 Å². The van der Waals surface area contributed by atoms with Gasteiger partial charge in [-0.1, -0.05) is 13.8 Å². The predicted molar refractivity (Wildman–Crippen MR) is 113 cm³/mol. The monoisotopic (exact) mass is 374 g/mol. The van der Waals surface area contributed by atoms with E-state index in [2.05, 4.69) is 70.3 Å². The van der Waals surface area contributed by atoms with Crippen molar-refractivity contribution in [2.75, 3.05) is 18.0 Å². The third-order valence-corrected chi connectivity index (χ3v) is 5.86. The Kier molecular flexibility index (Phi) is 4.07. The molecule has 6 nitrogen and oxygen atoms in total. The van der Waals surface area contributed by atoms with Crippen molar-refractivity contribution in [3.05, 3.63) is 41.9 Å². The summed E-state index contributed by atoms with van der Waals surface area (Å²) >= 11 is 0. The van der Waals surface area contributed by atoms with E-state index in [1.165, 1.54) is 35.8 Å². The number of piperidine rings is 1. The first kappa shape index (κ1) is 17.2. The van der Waals surface area contributed by atoms with Crippen LogP contribution in [0.25, 0.3) is 27.7 Å². The van der Waals surface area contributed by atoms with Gasteiger partial charge in [0.25, 0.3) is 0 Å². The van der Waals surface area contributed by atoms with Crippen LogP contribution in [0.1, 0.15) is 50.2 Å². The van der Waals surface area contributed by atoms with Gasteiger partial charge in [-0.25, -0.2) is 9.50 Å². The molecule has 3 aromatic heterocycles. The fourth-order valence-corrected chi connectivity index (χ4v) is 4.38. The Hall–Kier alpha value is -2.89. The van der Waals surface area contributed by atoms with Gasteiger partial charge in [-0.05, 0) is 67.0 Å². The number of nitrogens with one attached hydrogen (secondary N) is 1. The second kappa shape index (κ2) is 6.62. The summed E-state index contributed by atoms with van der Waals surface area (Å²) in [6.07, 6.45) is 7.51. The lowest BCUT2D eigenvalue weighted by molar-refractivity contribution is 0.574. The van der Waals surface area contributed by atoms with Crippen molar-refractivity contribution in [2.45, 2.75) is 46.0 Å². The number of H-pyrrole nitrogens is 1. The topological polar surface area (TPSA) is 62.1 Å². The Morgan fingerprint density at radius 2 is 1.89 bits per heavy atom. The first-order valence-corrected chi connectivity index (χ1v) is 10.2. The van der Waals surface area contributed by atoms with E-state index in [0.717, 1.165) is 41.2 Å².